The molecule has 262 valence electrons. The molecule has 0 radical (unpaired) electrons. The first-order chi connectivity index (χ1) is 24.2. The third kappa shape index (κ3) is 9.89. The molecule has 1 saturated carbocycles. The average Bonchev–Trinajstić information content (AvgIpc) is 3.91. The highest BCUT2D eigenvalue weighted by Gasteiger charge is 2.37. The summed E-state index contributed by atoms with van der Waals surface area (Å²) in [5, 5.41) is 21.4. The summed E-state index contributed by atoms with van der Waals surface area (Å²) >= 11 is 0. The summed E-state index contributed by atoms with van der Waals surface area (Å²) in [4.78, 5) is 74.1. The van der Waals surface area contributed by atoms with Crippen molar-refractivity contribution in [3.63, 3.8) is 0 Å². The maximum absolute atomic E-state index is 13.0. The highest BCUT2D eigenvalue weighted by atomic mass is 16.5. The average molecular weight is 686 g/mol. The Balaban J connectivity index is 1.03. The van der Waals surface area contributed by atoms with Crippen molar-refractivity contribution in [2.75, 3.05) is 33.0 Å². The Hall–Kier alpha value is -5.76. The predicted octanol–water partition coefficient (Wildman–Crippen LogP) is 1.44. The van der Waals surface area contributed by atoms with Gasteiger partial charge in [0, 0.05) is 12.3 Å². The molecule has 2 aliphatic carbocycles. The fraction of sp³-hybridized carbons (Fsp3) is 0.333. The fourth-order valence-corrected chi connectivity index (χ4v) is 5.72. The Morgan fingerprint density at radius 3 is 1.92 bits per heavy atom. The van der Waals surface area contributed by atoms with Crippen LogP contribution in [0.25, 0.3) is 11.1 Å². The van der Waals surface area contributed by atoms with Gasteiger partial charge in [-0.05, 0) is 46.6 Å². The maximum Gasteiger partial charge on any atom is 0.407 e. The first kappa shape index (κ1) is 35.5. The largest absolute Gasteiger partial charge is 0.479 e. The third-order valence-corrected chi connectivity index (χ3v) is 8.37. The quantitative estimate of drug-likeness (QED) is 0.114. The van der Waals surface area contributed by atoms with Crippen LogP contribution in [0.5, 0.6) is 0 Å². The van der Waals surface area contributed by atoms with Crippen molar-refractivity contribution in [1.82, 2.24) is 26.6 Å². The number of carboxylic acids is 1. The fourth-order valence-electron chi connectivity index (χ4n) is 5.72. The molecule has 14 nitrogen and oxygen atoms in total. The molecule has 3 aromatic carbocycles. The van der Waals surface area contributed by atoms with Gasteiger partial charge in [0.1, 0.15) is 25.9 Å². The zero-order valence-electron chi connectivity index (χ0n) is 27.2. The molecule has 2 aliphatic rings. The van der Waals surface area contributed by atoms with Crippen molar-refractivity contribution in [3.05, 3.63) is 95.6 Å². The van der Waals surface area contributed by atoms with Crippen LogP contribution in [0.4, 0.5) is 4.79 Å². The molecule has 2 atom stereocenters. The van der Waals surface area contributed by atoms with Crippen LogP contribution < -0.4 is 26.6 Å². The molecule has 6 N–H and O–H groups in total. The number of nitrogens with one attached hydrogen (secondary N) is 5. The van der Waals surface area contributed by atoms with E-state index in [4.69, 9.17) is 9.47 Å². The van der Waals surface area contributed by atoms with Crippen LogP contribution in [-0.2, 0) is 39.9 Å². The summed E-state index contributed by atoms with van der Waals surface area (Å²) in [6.45, 7) is -1.61. The molecular formula is C36H39N5O9. The number of hydrogen-bond donors (Lipinski definition) is 6. The topological polar surface area (TPSA) is 201 Å². The lowest BCUT2D eigenvalue weighted by Gasteiger charge is -2.19. The maximum atomic E-state index is 13.0. The summed E-state index contributed by atoms with van der Waals surface area (Å²) < 4.78 is 10.7. The molecule has 5 amide bonds. The zero-order valence-corrected chi connectivity index (χ0v) is 27.2. The molecule has 14 heteroatoms. The van der Waals surface area contributed by atoms with Crippen molar-refractivity contribution in [3.8, 4) is 11.1 Å². The number of alkyl carbamates (subject to hydrolysis) is 1. The van der Waals surface area contributed by atoms with Gasteiger partial charge >= 0.3 is 12.1 Å². The van der Waals surface area contributed by atoms with E-state index >= 15 is 0 Å². The predicted molar refractivity (Wildman–Crippen MR) is 179 cm³/mol. The standard InChI is InChI=1S/C36H39N5O9/c42-30(18-39-36(48)49-20-28-26-12-6-4-10-24(26)25-11-5-7-13-27(25)28)37-19-32(44)41-29(16-22-8-2-1-3-9-22)34(45)38-17-31(43)40-21-50-33(35(46)47)23-14-15-23/h1-13,23,28-29,33H,14-21H2,(H,37,42)(H,38,45)(H,39,48)(H,40,43)(H,41,44)(H,46,47)/t29-,33+/m0/s1. The van der Waals surface area contributed by atoms with Gasteiger partial charge in [0.25, 0.3) is 0 Å². The second kappa shape index (κ2) is 17.1. The number of carboxylic acid groups (broad SMARTS) is 1. The summed E-state index contributed by atoms with van der Waals surface area (Å²) in [6.07, 6.45) is -0.192. The van der Waals surface area contributed by atoms with Gasteiger partial charge in [-0.25, -0.2) is 9.59 Å². The van der Waals surface area contributed by atoms with Gasteiger partial charge in [-0.1, -0.05) is 78.9 Å². The molecule has 0 aromatic heterocycles. The number of ether oxygens (including phenoxy) is 2. The molecule has 0 spiro atoms. The van der Waals surface area contributed by atoms with Crippen molar-refractivity contribution in [1.29, 1.82) is 0 Å². The van der Waals surface area contributed by atoms with E-state index in [-0.39, 0.29) is 31.6 Å². The second-order valence-electron chi connectivity index (χ2n) is 12.0. The van der Waals surface area contributed by atoms with E-state index in [1.54, 1.807) is 30.3 Å². The molecule has 3 aromatic rings. The smallest absolute Gasteiger partial charge is 0.407 e. The Labute approximate surface area is 288 Å². The Kier molecular flexibility index (Phi) is 12.1. The van der Waals surface area contributed by atoms with E-state index < -0.39 is 67.5 Å². The second-order valence-corrected chi connectivity index (χ2v) is 12.0. The van der Waals surface area contributed by atoms with E-state index in [1.165, 1.54) is 0 Å². The van der Waals surface area contributed by atoms with Gasteiger partial charge in [0.15, 0.2) is 6.10 Å². The van der Waals surface area contributed by atoms with E-state index in [9.17, 15) is 33.9 Å². The monoisotopic (exact) mass is 685 g/mol. The van der Waals surface area contributed by atoms with Crippen LogP contribution in [0.2, 0.25) is 0 Å². The Morgan fingerprint density at radius 2 is 1.28 bits per heavy atom. The van der Waals surface area contributed by atoms with Crippen LogP contribution in [0.3, 0.4) is 0 Å². The molecule has 50 heavy (non-hydrogen) atoms. The Bertz CT molecular complexity index is 1670. The highest BCUT2D eigenvalue weighted by molar-refractivity contribution is 5.92. The molecule has 1 fully saturated rings. The number of hydrogen-bond acceptors (Lipinski definition) is 8. The minimum atomic E-state index is -1.10. The molecule has 5 rings (SSSR count). The summed E-state index contributed by atoms with van der Waals surface area (Å²) in [7, 11) is 0. The van der Waals surface area contributed by atoms with Crippen molar-refractivity contribution in [2.45, 2.75) is 37.3 Å². The minimum absolute atomic E-state index is 0.0752. The van der Waals surface area contributed by atoms with Gasteiger partial charge < -0.3 is 41.2 Å². The molecule has 0 saturated heterocycles. The van der Waals surface area contributed by atoms with Crippen molar-refractivity contribution < 1.29 is 43.3 Å². The number of benzene rings is 3. The van der Waals surface area contributed by atoms with Crippen molar-refractivity contribution >= 4 is 35.7 Å². The van der Waals surface area contributed by atoms with Gasteiger partial charge in [-0.3, -0.25) is 19.2 Å². The van der Waals surface area contributed by atoms with E-state index in [1.807, 2.05) is 48.5 Å². The SMILES string of the molecule is O=C(CNC(=O)OCC1c2ccccc2-c2ccccc21)NCC(=O)N[C@@H](Cc1ccccc1)C(=O)NCC(=O)NCO[C@@H](C(=O)O)C1CC1. The third-order valence-electron chi connectivity index (χ3n) is 8.37. The first-order valence-electron chi connectivity index (χ1n) is 16.3. The molecule has 0 unspecified atom stereocenters. The van der Waals surface area contributed by atoms with E-state index in [2.05, 4.69) is 26.6 Å². The van der Waals surface area contributed by atoms with Crippen LogP contribution >= 0.6 is 0 Å². The molecule has 0 aliphatic heterocycles. The van der Waals surface area contributed by atoms with Crippen LogP contribution in [0.1, 0.15) is 35.4 Å². The van der Waals surface area contributed by atoms with Crippen molar-refractivity contribution in [2.24, 2.45) is 5.92 Å². The lowest BCUT2D eigenvalue weighted by molar-refractivity contribution is -0.153. The number of amides is 5. The van der Waals surface area contributed by atoms with Gasteiger partial charge in [0.05, 0.1) is 13.1 Å². The summed E-state index contributed by atoms with van der Waals surface area (Å²) in [5.41, 5.74) is 5.02. The van der Waals surface area contributed by atoms with Crippen LogP contribution in [0, 0.1) is 5.92 Å². The molecule has 0 heterocycles. The number of fused-ring (bicyclic) bond motifs is 3. The number of carbonyl (C=O) groups is 6. The van der Waals surface area contributed by atoms with Gasteiger partial charge in [-0.15, -0.1) is 0 Å². The highest BCUT2D eigenvalue weighted by Crippen LogP contribution is 2.44. The normalized spacial score (nSPS) is 14.2. The summed E-state index contributed by atoms with van der Waals surface area (Å²) in [6, 6.07) is 23.6. The first-order valence-corrected chi connectivity index (χ1v) is 16.3. The van der Waals surface area contributed by atoms with Crippen LogP contribution in [0.15, 0.2) is 78.9 Å². The molecular weight excluding hydrogens is 646 g/mol. The minimum Gasteiger partial charge on any atom is -0.479 e. The Morgan fingerprint density at radius 1 is 0.700 bits per heavy atom. The van der Waals surface area contributed by atoms with Gasteiger partial charge in [0.2, 0.25) is 23.6 Å². The van der Waals surface area contributed by atoms with E-state index in [0.717, 1.165) is 40.7 Å². The zero-order chi connectivity index (χ0) is 35.5. The van der Waals surface area contributed by atoms with E-state index in [0.29, 0.717) is 0 Å². The molecule has 0 bridgehead atoms. The summed E-state index contributed by atoms with van der Waals surface area (Å²) in [5.74, 6) is -3.90. The number of rotatable bonds is 17. The number of aliphatic carboxylic acids is 1. The van der Waals surface area contributed by atoms with Crippen LogP contribution in [-0.4, -0.2) is 85.9 Å². The lowest BCUT2D eigenvalue weighted by atomic mass is 9.98. The lowest BCUT2D eigenvalue weighted by Crippen LogP contribution is -2.52. The van der Waals surface area contributed by atoms with Gasteiger partial charge in [-0.2, -0.15) is 0 Å². The number of carbonyl (C=O) groups excluding carboxylic acids is 5.